The quantitative estimate of drug-likeness (QED) is 0.804. The SMILES string of the molecule is CCOc1cccc(OC(C)CNCc2cccs2)c1. The largest absolute Gasteiger partial charge is 0.494 e. The van der Waals surface area contributed by atoms with Crippen LogP contribution in [0.15, 0.2) is 41.8 Å². The molecule has 1 aromatic carbocycles. The van der Waals surface area contributed by atoms with E-state index in [2.05, 4.69) is 29.8 Å². The topological polar surface area (TPSA) is 30.5 Å². The zero-order valence-corrected chi connectivity index (χ0v) is 12.8. The van der Waals surface area contributed by atoms with E-state index in [-0.39, 0.29) is 6.10 Å². The van der Waals surface area contributed by atoms with Crippen molar-refractivity contribution in [2.24, 2.45) is 0 Å². The lowest BCUT2D eigenvalue weighted by atomic mass is 10.3. The lowest BCUT2D eigenvalue weighted by Crippen LogP contribution is -2.28. The average Bonchev–Trinajstić information content (AvgIpc) is 2.93. The molecule has 0 fully saturated rings. The molecule has 3 nitrogen and oxygen atoms in total. The lowest BCUT2D eigenvalue weighted by Gasteiger charge is -2.16. The van der Waals surface area contributed by atoms with Gasteiger partial charge in [-0.15, -0.1) is 11.3 Å². The van der Waals surface area contributed by atoms with Crippen LogP contribution in [0.3, 0.4) is 0 Å². The van der Waals surface area contributed by atoms with E-state index in [4.69, 9.17) is 9.47 Å². The van der Waals surface area contributed by atoms with Crippen LogP contribution in [0.4, 0.5) is 0 Å². The van der Waals surface area contributed by atoms with E-state index < -0.39 is 0 Å². The molecule has 0 aliphatic rings. The Morgan fingerprint density at radius 3 is 2.80 bits per heavy atom. The molecule has 0 aliphatic heterocycles. The Labute approximate surface area is 124 Å². The van der Waals surface area contributed by atoms with Crippen molar-refractivity contribution in [3.63, 3.8) is 0 Å². The van der Waals surface area contributed by atoms with Gasteiger partial charge in [0.05, 0.1) is 6.61 Å². The fourth-order valence-corrected chi connectivity index (χ4v) is 2.56. The summed E-state index contributed by atoms with van der Waals surface area (Å²) in [6.07, 6.45) is 0.117. The highest BCUT2D eigenvalue weighted by atomic mass is 32.1. The van der Waals surface area contributed by atoms with Crippen LogP contribution in [0.25, 0.3) is 0 Å². The fourth-order valence-electron chi connectivity index (χ4n) is 1.89. The fraction of sp³-hybridized carbons (Fsp3) is 0.375. The second kappa shape index (κ2) is 7.92. The summed E-state index contributed by atoms with van der Waals surface area (Å²) in [6, 6.07) is 12.0. The molecule has 0 saturated carbocycles. The van der Waals surface area contributed by atoms with E-state index in [1.165, 1.54) is 4.88 Å². The molecule has 0 saturated heterocycles. The Bertz CT molecular complexity index is 499. The first-order valence-electron chi connectivity index (χ1n) is 6.90. The van der Waals surface area contributed by atoms with Gasteiger partial charge < -0.3 is 14.8 Å². The first-order valence-corrected chi connectivity index (χ1v) is 7.78. The molecule has 2 aromatic rings. The molecule has 0 aliphatic carbocycles. The maximum Gasteiger partial charge on any atom is 0.123 e. The molecule has 0 spiro atoms. The van der Waals surface area contributed by atoms with Crippen LogP contribution in [-0.2, 0) is 6.54 Å². The van der Waals surface area contributed by atoms with Crippen LogP contribution in [0.2, 0.25) is 0 Å². The van der Waals surface area contributed by atoms with Crippen molar-refractivity contribution in [1.29, 1.82) is 0 Å². The lowest BCUT2D eigenvalue weighted by molar-refractivity contribution is 0.215. The van der Waals surface area contributed by atoms with Crippen LogP contribution in [0, 0.1) is 0 Å². The molecule has 2 rings (SSSR count). The molecule has 4 heteroatoms. The summed E-state index contributed by atoms with van der Waals surface area (Å²) in [6.45, 7) is 6.42. The van der Waals surface area contributed by atoms with Gasteiger partial charge in [0.25, 0.3) is 0 Å². The van der Waals surface area contributed by atoms with Gasteiger partial charge in [-0.05, 0) is 37.4 Å². The zero-order valence-electron chi connectivity index (χ0n) is 12.0. The van der Waals surface area contributed by atoms with E-state index in [0.29, 0.717) is 6.61 Å². The molecule has 1 aromatic heterocycles. The molecule has 20 heavy (non-hydrogen) atoms. The van der Waals surface area contributed by atoms with Crippen molar-refractivity contribution >= 4 is 11.3 Å². The van der Waals surface area contributed by atoms with Crippen molar-refractivity contribution in [3.05, 3.63) is 46.7 Å². The number of nitrogens with one attached hydrogen (secondary N) is 1. The Kier molecular flexibility index (Phi) is 5.89. The van der Waals surface area contributed by atoms with E-state index in [1.807, 2.05) is 31.2 Å². The number of rotatable bonds is 8. The van der Waals surface area contributed by atoms with Gasteiger partial charge in [-0.3, -0.25) is 0 Å². The third-order valence-corrected chi connectivity index (χ3v) is 3.64. The van der Waals surface area contributed by atoms with Crippen molar-refractivity contribution < 1.29 is 9.47 Å². The van der Waals surface area contributed by atoms with Gasteiger partial charge in [-0.1, -0.05) is 12.1 Å². The van der Waals surface area contributed by atoms with Crippen molar-refractivity contribution in [1.82, 2.24) is 5.32 Å². The van der Waals surface area contributed by atoms with Crippen molar-refractivity contribution in [2.75, 3.05) is 13.2 Å². The van der Waals surface area contributed by atoms with E-state index in [9.17, 15) is 0 Å². The standard InChI is InChI=1S/C16H21NO2S/c1-3-18-14-6-4-7-15(10-14)19-13(2)11-17-12-16-8-5-9-20-16/h4-10,13,17H,3,11-12H2,1-2H3. The Balaban J connectivity index is 1.75. The van der Waals surface area contributed by atoms with Crippen LogP contribution >= 0.6 is 11.3 Å². The minimum absolute atomic E-state index is 0.117. The predicted octanol–water partition coefficient (Wildman–Crippen LogP) is 3.70. The van der Waals surface area contributed by atoms with Gasteiger partial charge in [0, 0.05) is 24.0 Å². The molecule has 0 bridgehead atoms. The number of hydrogen-bond donors (Lipinski definition) is 1. The van der Waals surface area contributed by atoms with Crippen molar-refractivity contribution in [3.8, 4) is 11.5 Å². The number of ether oxygens (including phenoxy) is 2. The van der Waals surface area contributed by atoms with Gasteiger partial charge in [0.2, 0.25) is 0 Å². The van der Waals surface area contributed by atoms with Gasteiger partial charge in [-0.2, -0.15) is 0 Å². The number of hydrogen-bond acceptors (Lipinski definition) is 4. The Hall–Kier alpha value is -1.52. The predicted molar refractivity (Wildman–Crippen MR) is 83.7 cm³/mol. The summed E-state index contributed by atoms with van der Waals surface area (Å²) < 4.78 is 11.3. The number of benzene rings is 1. The molecule has 1 atom stereocenters. The second-order valence-electron chi connectivity index (χ2n) is 4.55. The minimum Gasteiger partial charge on any atom is -0.494 e. The third-order valence-electron chi connectivity index (χ3n) is 2.76. The smallest absolute Gasteiger partial charge is 0.123 e. The van der Waals surface area contributed by atoms with Gasteiger partial charge >= 0.3 is 0 Å². The molecule has 0 radical (unpaired) electrons. The summed E-state index contributed by atoms with van der Waals surface area (Å²) in [5.74, 6) is 1.70. The van der Waals surface area contributed by atoms with E-state index in [1.54, 1.807) is 11.3 Å². The normalized spacial score (nSPS) is 12.1. The molecule has 0 amide bonds. The molecule has 1 unspecified atom stereocenters. The second-order valence-corrected chi connectivity index (χ2v) is 5.58. The molecular formula is C16H21NO2S. The van der Waals surface area contributed by atoms with Gasteiger partial charge in [0.15, 0.2) is 0 Å². The highest BCUT2D eigenvalue weighted by Crippen LogP contribution is 2.20. The zero-order chi connectivity index (χ0) is 14.2. The Morgan fingerprint density at radius 1 is 1.20 bits per heavy atom. The van der Waals surface area contributed by atoms with Crippen LogP contribution < -0.4 is 14.8 Å². The monoisotopic (exact) mass is 291 g/mol. The highest BCUT2D eigenvalue weighted by molar-refractivity contribution is 7.09. The third kappa shape index (κ3) is 4.87. The van der Waals surface area contributed by atoms with E-state index in [0.717, 1.165) is 24.6 Å². The van der Waals surface area contributed by atoms with Crippen LogP contribution in [0.5, 0.6) is 11.5 Å². The molecular weight excluding hydrogens is 270 g/mol. The summed E-state index contributed by atoms with van der Waals surface area (Å²) in [7, 11) is 0. The van der Waals surface area contributed by atoms with Crippen LogP contribution in [-0.4, -0.2) is 19.3 Å². The first kappa shape index (κ1) is 14.9. The van der Waals surface area contributed by atoms with Crippen LogP contribution in [0.1, 0.15) is 18.7 Å². The minimum atomic E-state index is 0.117. The van der Waals surface area contributed by atoms with E-state index >= 15 is 0 Å². The Morgan fingerprint density at radius 2 is 2.05 bits per heavy atom. The first-order chi connectivity index (χ1) is 9.78. The maximum atomic E-state index is 5.88. The maximum absolute atomic E-state index is 5.88. The molecule has 1 N–H and O–H groups in total. The van der Waals surface area contributed by atoms with Gasteiger partial charge in [-0.25, -0.2) is 0 Å². The van der Waals surface area contributed by atoms with Crippen molar-refractivity contribution in [2.45, 2.75) is 26.5 Å². The van der Waals surface area contributed by atoms with Gasteiger partial charge in [0.1, 0.15) is 17.6 Å². The highest BCUT2D eigenvalue weighted by Gasteiger charge is 2.05. The molecule has 108 valence electrons. The number of thiophene rings is 1. The molecule has 1 heterocycles. The summed E-state index contributed by atoms with van der Waals surface area (Å²) in [5, 5.41) is 5.50. The summed E-state index contributed by atoms with van der Waals surface area (Å²) >= 11 is 1.77. The summed E-state index contributed by atoms with van der Waals surface area (Å²) in [5.41, 5.74) is 0. The average molecular weight is 291 g/mol. The summed E-state index contributed by atoms with van der Waals surface area (Å²) in [4.78, 5) is 1.34.